The molecule has 2 rings (SSSR count). The number of nitrogens with one attached hydrogen (secondary N) is 1. The van der Waals surface area contributed by atoms with Crippen molar-refractivity contribution in [3.05, 3.63) is 29.6 Å². The molecular formula is C17H27FN2. The third-order valence-electron chi connectivity index (χ3n) is 3.98. The molecule has 1 aromatic carbocycles. The van der Waals surface area contributed by atoms with E-state index in [0.717, 1.165) is 24.6 Å². The van der Waals surface area contributed by atoms with Crippen LogP contribution in [0.25, 0.3) is 0 Å². The van der Waals surface area contributed by atoms with Gasteiger partial charge >= 0.3 is 0 Å². The quantitative estimate of drug-likeness (QED) is 0.900. The molecule has 1 aromatic rings. The molecule has 0 aliphatic carbocycles. The molecule has 1 N–H and O–H groups in total. The molecule has 1 heterocycles. The van der Waals surface area contributed by atoms with Crippen molar-refractivity contribution >= 4 is 5.69 Å². The van der Waals surface area contributed by atoms with Crippen LogP contribution in [-0.4, -0.2) is 18.6 Å². The molecule has 1 saturated heterocycles. The Hall–Kier alpha value is -1.09. The summed E-state index contributed by atoms with van der Waals surface area (Å²) in [6, 6.07) is 5.19. The highest BCUT2D eigenvalue weighted by molar-refractivity contribution is 5.54. The summed E-state index contributed by atoms with van der Waals surface area (Å²) in [5.41, 5.74) is 2.30. The second kappa shape index (κ2) is 6.13. The van der Waals surface area contributed by atoms with E-state index in [1.54, 1.807) is 12.1 Å². The molecule has 2 nitrogen and oxygen atoms in total. The van der Waals surface area contributed by atoms with Gasteiger partial charge in [-0.25, -0.2) is 4.39 Å². The zero-order valence-electron chi connectivity index (χ0n) is 13.2. The number of hydrogen-bond donors (Lipinski definition) is 1. The molecule has 0 atom stereocenters. The Morgan fingerprint density at radius 2 is 1.90 bits per heavy atom. The van der Waals surface area contributed by atoms with Crippen LogP contribution in [-0.2, 0) is 6.54 Å². The molecule has 1 fully saturated rings. The minimum Gasteiger partial charge on any atom is -0.371 e. The molecule has 20 heavy (non-hydrogen) atoms. The van der Waals surface area contributed by atoms with Gasteiger partial charge in [0, 0.05) is 30.9 Å². The van der Waals surface area contributed by atoms with E-state index in [9.17, 15) is 4.39 Å². The summed E-state index contributed by atoms with van der Waals surface area (Å²) in [5.74, 6) is 0.660. The lowest BCUT2D eigenvalue weighted by atomic mass is 9.98. The highest BCUT2D eigenvalue weighted by atomic mass is 19.1. The van der Waals surface area contributed by atoms with E-state index in [4.69, 9.17) is 0 Å². The standard InChI is InChI=1S/C17H27FN2/c1-13-7-9-20(10-8-13)16-6-5-15(18)11-14(16)12-19-17(2,3)4/h5-6,11,13,19H,7-10,12H2,1-4H3. The van der Waals surface area contributed by atoms with Crippen LogP contribution in [0, 0.1) is 11.7 Å². The molecule has 112 valence electrons. The van der Waals surface area contributed by atoms with Crippen LogP contribution in [0.1, 0.15) is 46.1 Å². The Morgan fingerprint density at radius 3 is 2.50 bits per heavy atom. The lowest BCUT2D eigenvalue weighted by molar-refractivity contribution is 0.420. The van der Waals surface area contributed by atoms with Crippen molar-refractivity contribution in [3.8, 4) is 0 Å². The molecule has 0 unspecified atom stereocenters. The predicted molar refractivity (Wildman–Crippen MR) is 83.6 cm³/mol. The lowest BCUT2D eigenvalue weighted by Crippen LogP contribution is -2.37. The lowest BCUT2D eigenvalue weighted by Gasteiger charge is -2.34. The van der Waals surface area contributed by atoms with E-state index in [-0.39, 0.29) is 11.4 Å². The van der Waals surface area contributed by atoms with Crippen molar-refractivity contribution in [2.75, 3.05) is 18.0 Å². The van der Waals surface area contributed by atoms with Gasteiger partial charge in [-0.05, 0) is 63.3 Å². The molecule has 0 spiro atoms. The molecule has 0 bridgehead atoms. The molecule has 1 aliphatic rings. The first kappa shape index (κ1) is 15.3. The van der Waals surface area contributed by atoms with Gasteiger partial charge in [0.25, 0.3) is 0 Å². The highest BCUT2D eigenvalue weighted by Crippen LogP contribution is 2.27. The van der Waals surface area contributed by atoms with Crippen LogP contribution in [0.2, 0.25) is 0 Å². The van der Waals surface area contributed by atoms with Crippen molar-refractivity contribution < 1.29 is 4.39 Å². The van der Waals surface area contributed by atoms with E-state index >= 15 is 0 Å². The maximum Gasteiger partial charge on any atom is 0.123 e. The Labute approximate surface area is 122 Å². The minimum atomic E-state index is -0.148. The van der Waals surface area contributed by atoms with E-state index in [2.05, 4.69) is 37.9 Å². The molecule has 0 aromatic heterocycles. The number of halogens is 1. The number of rotatable bonds is 3. The Kier molecular flexibility index (Phi) is 4.69. The van der Waals surface area contributed by atoms with E-state index in [1.807, 2.05) is 6.07 Å². The maximum absolute atomic E-state index is 13.6. The van der Waals surface area contributed by atoms with Gasteiger partial charge in [-0.15, -0.1) is 0 Å². The third-order valence-corrected chi connectivity index (χ3v) is 3.98. The van der Waals surface area contributed by atoms with Crippen LogP contribution in [0.5, 0.6) is 0 Å². The van der Waals surface area contributed by atoms with E-state index in [1.165, 1.54) is 18.5 Å². The average Bonchev–Trinajstić information content (AvgIpc) is 2.37. The van der Waals surface area contributed by atoms with Gasteiger partial charge in [-0.1, -0.05) is 6.92 Å². The summed E-state index contributed by atoms with van der Waals surface area (Å²) < 4.78 is 13.6. The van der Waals surface area contributed by atoms with Crippen LogP contribution >= 0.6 is 0 Å². The van der Waals surface area contributed by atoms with Crippen molar-refractivity contribution in [2.24, 2.45) is 5.92 Å². The molecule has 0 radical (unpaired) electrons. The predicted octanol–water partition coefficient (Wildman–Crippen LogP) is 3.95. The first-order valence-corrected chi connectivity index (χ1v) is 7.63. The summed E-state index contributed by atoms with van der Waals surface area (Å²) in [4.78, 5) is 2.40. The number of hydrogen-bond acceptors (Lipinski definition) is 2. The fourth-order valence-corrected chi connectivity index (χ4v) is 2.61. The van der Waals surface area contributed by atoms with Crippen LogP contribution < -0.4 is 10.2 Å². The van der Waals surface area contributed by atoms with Crippen molar-refractivity contribution in [2.45, 2.75) is 52.6 Å². The van der Waals surface area contributed by atoms with Crippen LogP contribution in [0.3, 0.4) is 0 Å². The van der Waals surface area contributed by atoms with Gasteiger partial charge in [-0.3, -0.25) is 0 Å². The monoisotopic (exact) mass is 278 g/mol. The Morgan fingerprint density at radius 1 is 1.25 bits per heavy atom. The average molecular weight is 278 g/mol. The second-order valence-corrected chi connectivity index (χ2v) is 7.05. The van der Waals surface area contributed by atoms with Crippen molar-refractivity contribution in [1.29, 1.82) is 0 Å². The molecule has 0 saturated carbocycles. The van der Waals surface area contributed by atoms with Gasteiger partial charge < -0.3 is 10.2 Å². The zero-order valence-corrected chi connectivity index (χ0v) is 13.2. The number of anilines is 1. The van der Waals surface area contributed by atoms with Crippen molar-refractivity contribution in [3.63, 3.8) is 0 Å². The fraction of sp³-hybridized carbons (Fsp3) is 0.647. The summed E-state index contributed by atoms with van der Waals surface area (Å²) in [7, 11) is 0. The summed E-state index contributed by atoms with van der Waals surface area (Å²) >= 11 is 0. The number of benzene rings is 1. The largest absolute Gasteiger partial charge is 0.371 e. The van der Waals surface area contributed by atoms with Gasteiger partial charge in [0.15, 0.2) is 0 Å². The first-order chi connectivity index (χ1) is 9.35. The smallest absolute Gasteiger partial charge is 0.123 e. The minimum absolute atomic E-state index is 0.0417. The second-order valence-electron chi connectivity index (χ2n) is 7.05. The van der Waals surface area contributed by atoms with Crippen LogP contribution in [0.4, 0.5) is 10.1 Å². The molecule has 0 amide bonds. The molecular weight excluding hydrogens is 251 g/mol. The number of piperidine rings is 1. The topological polar surface area (TPSA) is 15.3 Å². The molecule has 3 heteroatoms. The third kappa shape index (κ3) is 4.20. The number of nitrogens with zero attached hydrogens (tertiary/aromatic N) is 1. The summed E-state index contributed by atoms with van der Waals surface area (Å²) in [6.07, 6.45) is 2.45. The highest BCUT2D eigenvalue weighted by Gasteiger charge is 2.19. The van der Waals surface area contributed by atoms with Gasteiger partial charge in [0.1, 0.15) is 5.82 Å². The van der Waals surface area contributed by atoms with E-state index < -0.39 is 0 Å². The van der Waals surface area contributed by atoms with Gasteiger partial charge in [0.05, 0.1) is 0 Å². The van der Waals surface area contributed by atoms with E-state index in [0.29, 0.717) is 6.54 Å². The maximum atomic E-state index is 13.6. The molecule has 1 aliphatic heterocycles. The fourth-order valence-electron chi connectivity index (χ4n) is 2.61. The van der Waals surface area contributed by atoms with Gasteiger partial charge in [-0.2, -0.15) is 0 Å². The normalized spacial score (nSPS) is 17.6. The Balaban J connectivity index is 2.15. The SMILES string of the molecule is CC1CCN(c2ccc(F)cc2CNC(C)(C)C)CC1. The van der Waals surface area contributed by atoms with Crippen LogP contribution in [0.15, 0.2) is 18.2 Å². The first-order valence-electron chi connectivity index (χ1n) is 7.63. The van der Waals surface area contributed by atoms with Gasteiger partial charge in [0.2, 0.25) is 0 Å². The Bertz CT molecular complexity index is 443. The zero-order chi connectivity index (χ0) is 14.8. The summed E-state index contributed by atoms with van der Waals surface area (Å²) in [5, 5.41) is 3.46. The summed E-state index contributed by atoms with van der Waals surface area (Å²) in [6.45, 7) is 11.6. The van der Waals surface area contributed by atoms with Crippen molar-refractivity contribution in [1.82, 2.24) is 5.32 Å².